The second kappa shape index (κ2) is 9.91. The molecule has 6 nitrogen and oxygen atoms in total. The third kappa shape index (κ3) is 5.01. The number of ether oxygens (including phenoxy) is 1. The monoisotopic (exact) mass is 456 g/mol. The molecule has 4 rings (SSSR count). The molecular formula is C28H28N2O4. The van der Waals surface area contributed by atoms with E-state index in [1.54, 1.807) is 53.2 Å². The van der Waals surface area contributed by atoms with Crippen LogP contribution < -0.4 is 9.64 Å². The van der Waals surface area contributed by atoms with Crippen molar-refractivity contribution < 1.29 is 19.1 Å². The van der Waals surface area contributed by atoms with E-state index in [0.29, 0.717) is 23.5 Å². The zero-order valence-corrected chi connectivity index (χ0v) is 19.7. The SMILES string of the molecule is CC(=O)N1CCc2ccccc2C1CC(=O)Oc1ccc(N(C)C(=O)c2ccc(C)cc2)cc1. The van der Waals surface area contributed by atoms with Gasteiger partial charge in [-0.15, -0.1) is 0 Å². The van der Waals surface area contributed by atoms with E-state index in [1.807, 2.05) is 43.3 Å². The highest BCUT2D eigenvalue weighted by Crippen LogP contribution is 2.33. The fraction of sp³-hybridized carbons (Fsp3) is 0.250. The van der Waals surface area contributed by atoms with Crippen LogP contribution in [0.5, 0.6) is 5.75 Å². The quantitative estimate of drug-likeness (QED) is 0.412. The van der Waals surface area contributed by atoms with Crippen molar-refractivity contribution in [2.45, 2.75) is 32.7 Å². The minimum Gasteiger partial charge on any atom is -0.426 e. The summed E-state index contributed by atoms with van der Waals surface area (Å²) < 4.78 is 5.57. The van der Waals surface area contributed by atoms with Gasteiger partial charge in [-0.1, -0.05) is 42.0 Å². The number of benzene rings is 3. The maximum atomic E-state index is 12.8. The Morgan fingerprint density at radius 2 is 1.65 bits per heavy atom. The van der Waals surface area contributed by atoms with Gasteiger partial charge in [0.25, 0.3) is 5.91 Å². The van der Waals surface area contributed by atoms with Crippen LogP contribution in [-0.2, 0) is 16.0 Å². The van der Waals surface area contributed by atoms with Gasteiger partial charge in [-0.25, -0.2) is 0 Å². The van der Waals surface area contributed by atoms with Crippen LogP contribution in [0, 0.1) is 6.92 Å². The summed E-state index contributed by atoms with van der Waals surface area (Å²) in [5, 5.41) is 0. The van der Waals surface area contributed by atoms with E-state index in [9.17, 15) is 14.4 Å². The lowest BCUT2D eigenvalue weighted by Crippen LogP contribution is -2.40. The molecule has 0 N–H and O–H groups in total. The van der Waals surface area contributed by atoms with Gasteiger partial charge in [0.2, 0.25) is 5.91 Å². The molecule has 0 aliphatic carbocycles. The van der Waals surface area contributed by atoms with Crippen LogP contribution in [0.1, 0.15) is 46.4 Å². The first-order valence-corrected chi connectivity index (χ1v) is 11.3. The summed E-state index contributed by atoms with van der Waals surface area (Å²) >= 11 is 0. The third-order valence-electron chi connectivity index (χ3n) is 6.24. The molecule has 34 heavy (non-hydrogen) atoms. The molecule has 0 aromatic heterocycles. The number of carbonyl (C=O) groups is 3. The Bertz CT molecular complexity index is 1200. The summed E-state index contributed by atoms with van der Waals surface area (Å²) in [6.45, 7) is 4.09. The van der Waals surface area contributed by atoms with Gasteiger partial charge >= 0.3 is 5.97 Å². The van der Waals surface area contributed by atoms with E-state index >= 15 is 0 Å². The van der Waals surface area contributed by atoms with Crippen molar-refractivity contribution in [1.29, 1.82) is 0 Å². The zero-order valence-electron chi connectivity index (χ0n) is 19.7. The Morgan fingerprint density at radius 3 is 2.32 bits per heavy atom. The van der Waals surface area contributed by atoms with Crippen molar-refractivity contribution in [3.05, 3.63) is 95.1 Å². The van der Waals surface area contributed by atoms with Gasteiger partial charge in [-0.2, -0.15) is 0 Å². The number of aryl methyl sites for hydroxylation is 1. The number of hydrogen-bond donors (Lipinski definition) is 0. The molecule has 0 fully saturated rings. The van der Waals surface area contributed by atoms with E-state index in [-0.39, 0.29) is 24.3 Å². The van der Waals surface area contributed by atoms with Crippen molar-refractivity contribution in [3.8, 4) is 5.75 Å². The fourth-order valence-electron chi connectivity index (χ4n) is 4.32. The molecule has 0 radical (unpaired) electrons. The lowest BCUT2D eigenvalue weighted by molar-refractivity contribution is -0.138. The first-order valence-electron chi connectivity index (χ1n) is 11.3. The molecule has 3 aromatic carbocycles. The number of esters is 1. The van der Waals surface area contributed by atoms with E-state index < -0.39 is 5.97 Å². The largest absolute Gasteiger partial charge is 0.426 e. The molecule has 0 spiro atoms. The average molecular weight is 457 g/mol. The predicted octanol–water partition coefficient (Wildman–Crippen LogP) is 4.71. The fourth-order valence-corrected chi connectivity index (χ4v) is 4.32. The Labute approximate surface area is 199 Å². The van der Waals surface area contributed by atoms with Gasteiger partial charge in [0.1, 0.15) is 5.75 Å². The average Bonchev–Trinajstić information content (AvgIpc) is 2.84. The van der Waals surface area contributed by atoms with E-state index in [0.717, 1.165) is 23.1 Å². The van der Waals surface area contributed by atoms with E-state index in [2.05, 4.69) is 0 Å². The molecule has 1 aliphatic heterocycles. The Hall–Kier alpha value is -3.93. The van der Waals surface area contributed by atoms with Gasteiger partial charge in [0, 0.05) is 31.8 Å². The minimum absolute atomic E-state index is 0.0575. The van der Waals surface area contributed by atoms with Crippen LogP contribution in [0.15, 0.2) is 72.8 Å². The van der Waals surface area contributed by atoms with Gasteiger partial charge in [-0.3, -0.25) is 14.4 Å². The standard InChI is InChI=1S/C28H28N2O4/c1-19-8-10-22(11-9-19)28(33)29(3)23-12-14-24(15-13-23)34-27(32)18-26-25-7-5-4-6-21(25)16-17-30(26)20(2)31/h4-15,26H,16-18H2,1-3H3. The number of amides is 2. The molecule has 0 bridgehead atoms. The summed E-state index contributed by atoms with van der Waals surface area (Å²) in [5.74, 6) is -0.198. The topological polar surface area (TPSA) is 66.9 Å². The van der Waals surface area contributed by atoms with Crippen molar-refractivity contribution in [1.82, 2.24) is 4.90 Å². The third-order valence-corrected chi connectivity index (χ3v) is 6.24. The molecule has 2 amide bonds. The molecular weight excluding hydrogens is 428 g/mol. The Kier molecular flexibility index (Phi) is 6.77. The first kappa shape index (κ1) is 23.2. The summed E-state index contributed by atoms with van der Waals surface area (Å²) in [4.78, 5) is 41.0. The predicted molar refractivity (Wildman–Crippen MR) is 131 cm³/mol. The van der Waals surface area contributed by atoms with E-state index in [4.69, 9.17) is 4.74 Å². The molecule has 6 heteroatoms. The van der Waals surface area contributed by atoms with Crippen LogP contribution in [0.2, 0.25) is 0 Å². The number of nitrogens with zero attached hydrogens (tertiary/aromatic N) is 2. The highest BCUT2D eigenvalue weighted by molar-refractivity contribution is 6.05. The number of hydrogen-bond acceptors (Lipinski definition) is 4. The minimum atomic E-state index is -0.412. The zero-order chi connectivity index (χ0) is 24.2. The number of rotatable bonds is 5. The van der Waals surface area contributed by atoms with Gasteiger partial charge in [0.15, 0.2) is 0 Å². The molecule has 0 saturated carbocycles. The van der Waals surface area contributed by atoms with Gasteiger partial charge < -0.3 is 14.5 Å². The van der Waals surface area contributed by atoms with Crippen LogP contribution in [0.3, 0.4) is 0 Å². The van der Waals surface area contributed by atoms with Crippen LogP contribution in [0.25, 0.3) is 0 Å². The lowest BCUT2D eigenvalue weighted by atomic mass is 9.90. The maximum absolute atomic E-state index is 12.8. The summed E-state index contributed by atoms with van der Waals surface area (Å²) in [6, 6.07) is 21.8. The normalized spacial score (nSPS) is 14.8. The molecule has 1 unspecified atom stereocenters. The summed E-state index contributed by atoms with van der Waals surface area (Å²) in [7, 11) is 1.71. The lowest BCUT2D eigenvalue weighted by Gasteiger charge is -2.36. The highest BCUT2D eigenvalue weighted by atomic mass is 16.5. The highest BCUT2D eigenvalue weighted by Gasteiger charge is 2.31. The van der Waals surface area contributed by atoms with Crippen molar-refractivity contribution in [2.24, 2.45) is 0 Å². The second-order valence-electron chi connectivity index (χ2n) is 8.58. The number of anilines is 1. The van der Waals surface area contributed by atoms with Crippen molar-refractivity contribution in [3.63, 3.8) is 0 Å². The molecule has 174 valence electrons. The molecule has 0 saturated heterocycles. The van der Waals surface area contributed by atoms with Crippen LogP contribution in [0.4, 0.5) is 5.69 Å². The Morgan fingerprint density at radius 1 is 0.971 bits per heavy atom. The van der Waals surface area contributed by atoms with Gasteiger partial charge in [-0.05, 0) is 60.9 Å². The maximum Gasteiger partial charge on any atom is 0.313 e. The number of fused-ring (bicyclic) bond motifs is 1. The van der Waals surface area contributed by atoms with Crippen LogP contribution in [-0.4, -0.2) is 36.3 Å². The molecule has 1 heterocycles. The molecule has 1 aliphatic rings. The Balaban J connectivity index is 1.43. The smallest absolute Gasteiger partial charge is 0.313 e. The summed E-state index contributed by atoms with van der Waals surface area (Å²) in [6.07, 6.45) is 0.849. The first-order chi connectivity index (χ1) is 16.3. The van der Waals surface area contributed by atoms with Crippen molar-refractivity contribution in [2.75, 3.05) is 18.5 Å². The van der Waals surface area contributed by atoms with Crippen molar-refractivity contribution >= 4 is 23.5 Å². The molecule has 1 atom stereocenters. The number of carbonyl (C=O) groups excluding carboxylic acids is 3. The molecule has 3 aromatic rings. The van der Waals surface area contributed by atoms with Gasteiger partial charge in [0.05, 0.1) is 12.5 Å². The van der Waals surface area contributed by atoms with Crippen LogP contribution >= 0.6 is 0 Å². The second-order valence-corrected chi connectivity index (χ2v) is 8.58. The summed E-state index contributed by atoms with van der Waals surface area (Å²) in [5.41, 5.74) is 4.53. The van der Waals surface area contributed by atoms with E-state index in [1.165, 1.54) is 6.92 Å².